The van der Waals surface area contributed by atoms with Crippen molar-refractivity contribution in [3.63, 3.8) is 0 Å². The summed E-state index contributed by atoms with van der Waals surface area (Å²) in [5.74, 6) is 3.58. The minimum atomic E-state index is -0.850. The average Bonchev–Trinajstić information content (AvgIpc) is 2.70. The van der Waals surface area contributed by atoms with Crippen molar-refractivity contribution in [3.05, 3.63) is 34.4 Å². The van der Waals surface area contributed by atoms with Gasteiger partial charge in [-0.2, -0.15) is 0 Å². The van der Waals surface area contributed by atoms with Crippen LogP contribution in [0.25, 0.3) is 0 Å². The smallest absolute Gasteiger partial charge is 0.397 e. The minimum Gasteiger partial charge on any atom is -0.459 e. The van der Waals surface area contributed by atoms with E-state index >= 15 is 0 Å². The molecule has 6 nitrogen and oxygen atoms in total. The Balaban J connectivity index is 1.75. The lowest BCUT2D eigenvalue weighted by molar-refractivity contribution is -0.161. The number of aryl methyl sites for hydroxylation is 2. The van der Waals surface area contributed by atoms with E-state index in [4.69, 9.17) is 4.74 Å². The summed E-state index contributed by atoms with van der Waals surface area (Å²) in [7, 11) is 0. The van der Waals surface area contributed by atoms with E-state index in [-0.39, 0.29) is 18.2 Å². The number of ether oxygens (including phenoxy) is 1. The lowest BCUT2D eigenvalue weighted by Crippen LogP contribution is -2.50. The molecular weight excluding hydrogens is 394 g/mol. The Morgan fingerprint density at radius 3 is 2.13 bits per heavy atom. The summed E-state index contributed by atoms with van der Waals surface area (Å²) in [5.41, 5.74) is 3.09. The van der Waals surface area contributed by atoms with Crippen LogP contribution in [0.2, 0.25) is 0 Å². The highest BCUT2D eigenvalue weighted by molar-refractivity contribution is 6.32. The maximum atomic E-state index is 13.2. The number of amides is 1. The highest BCUT2D eigenvalue weighted by atomic mass is 16.5. The quantitative estimate of drug-likeness (QED) is 0.316. The number of carbonyl (C=O) groups excluding carboxylic acids is 4. The topological polar surface area (TPSA) is 80.8 Å². The molecule has 1 saturated carbocycles. The SMILES string of the molecule is CC#Cc1cc(C)c(C2C(=O)CC3(CCN(C(=O)C(=O)OCC)CC3)CC2=O)c(C)c1. The van der Waals surface area contributed by atoms with E-state index in [1.807, 2.05) is 26.0 Å². The van der Waals surface area contributed by atoms with Gasteiger partial charge in [0.25, 0.3) is 0 Å². The third kappa shape index (κ3) is 4.56. The van der Waals surface area contributed by atoms with Crippen LogP contribution in [0, 0.1) is 31.1 Å². The van der Waals surface area contributed by atoms with Crippen LogP contribution in [0.1, 0.15) is 67.7 Å². The number of benzene rings is 1. The number of hydrogen-bond donors (Lipinski definition) is 0. The maximum Gasteiger partial charge on any atom is 0.397 e. The first-order valence-corrected chi connectivity index (χ1v) is 10.8. The van der Waals surface area contributed by atoms with Crippen molar-refractivity contribution >= 4 is 23.4 Å². The summed E-state index contributed by atoms with van der Waals surface area (Å²) in [5, 5.41) is 0. The van der Waals surface area contributed by atoms with Crippen molar-refractivity contribution < 1.29 is 23.9 Å². The number of piperidine rings is 1. The number of hydrogen-bond acceptors (Lipinski definition) is 5. The van der Waals surface area contributed by atoms with Gasteiger partial charge in [0.2, 0.25) is 0 Å². The first-order valence-electron chi connectivity index (χ1n) is 10.8. The molecule has 2 aliphatic rings. The number of Topliss-reactive ketones (excluding diaryl/α,β-unsaturated/α-hetero) is 2. The van der Waals surface area contributed by atoms with Gasteiger partial charge in [-0.05, 0) is 74.8 Å². The molecule has 1 spiro atoms. The number of rotatable bonds is 2. The molecule has 1 aliphatic heterocycles. The van der Waals surface area contributed by atoms with Crippen LogP contribution in [0.3, 0.4) is 0 Å². The van der Waals surface area contributed by atoms with E-state index in [1.165, 1.54) is 4.90 Å². The van der Waals surface area contributed by atoms with E-state index in [0.717, 1.165) is 22.3 Å². The van der Waals surface area contributed by atoms with Gasteiger partial charge in [0.1, 0.15) is 17.5 Å². The minimum absolute atomic E-state index is 0.0538. The van der Waals surface area contributed by atoms with Crippen LogP contribution in [-0.2, 0) is 23.9 Å². The van der Waals surface area contributed by atoms with Crippen molar-refractivity contribution in [2.24, 2.45) is 5.41 Å². The fourth-order valence-corrected chi connectivity index (χ4v) is 5.01. The Morgan fingerprint density at radius 2 is 1.65 bits per heavy atom. The maximum absolute atomic E-state index is 13.2. The standard InChI is InChI=1S/C25H29NO5/c1-5-7-18-12-16(3)21(17(4)13-18)22-19(27)14-25(15-20(22)28)8-10-26(11-9-25)23(29)24(30)31-6-2/h12-13,22H,6,8-11,14-15H2,1-4H3. The van der Waals surface area contributed by atoms with Crippen LogP contribution in [-0.4, -0.2) is 48.0 Å². The van der Waals surface area contributed by atoms with Gasteiger partial charge in [0, 0.05) is 31.5 Å². The van der Waals surface area contributed by atoms with Crippen molar-refractivity contribution in [1.29, 1.82) is 0 Å². The summed E-state index contributed by atoms with van der Waals surface area (Å²) >= 11 is 0. The molecular formula is C25H29NO5. The van der Waals surface area contributed by atoms with Gasteiger partial charge < -0.3 is 9.64 Å². The van der Waals surface area contributed by atoms with E-state index in [0.29, 0.717) is 38.8 Å². The zero-order valence-electron chi connectivity index (χ0n) is 18.7. The first kappa shape index (κ1) is 22.7. The van der Waals surface area contributed by atoms with Crippen LogP contribution in [0.4, 0.5) is 0 Å². The molecule has 1 aromatic carbocycles. The summed E-state index contributed by atoms with van der Waals surface area (Å²) in [6.45, 7) is 8.13. The molecule has 1 heterocycles. The molecule has 0 atom stereocenters. The van der Waals surface area contributed by atoms with E-state index in [1.54, 1.807) is 13.8 Å². The van der Waals surface area contributed by atoms with Gasteiger partial charge in [-0.15, -0.1) is 5.92 Å². The average molecular weight is 424 g/mol. The molecule has 0 radical (unpaired) electrons. The Morgan fingerprint density at radius 1 is 1.10 bits per heavy atom. The fourth-order valence-electron chi connectivity index (χ4n) is 5.01. The van der Waals surface area contributed by atoms with Crippen molar-refractivity contribution in [3.8, 4) is 11.8 Å². The van der Waals surface area contributed by atoms with Gasteiger partial charge in [-0.25, -0.2) is 4.79 Å². The molecule has 3 rings (SSSR count). The predicted molar refractivity (Wildman–Crippen MR) is 115 cm³/mol. The normalized spacial score (nSPS) is 18.5. The van der Waals surface area contributed by atoms with Crippen LogP contribution in [0.5, 0.6) is 0 Å². The molecule has 164 valence electrons. The lowest BCUT2D eigenvalue weighted by Gasteiger charge is -2.44. The molecule has 1 amide bonds. The summed E-state index contributed by atoms with van der Waals surface area (Å²) in [4.78, 5) is 51.8. The molecule has 31 heavy (non-hydrogen) atoms. The summed E-state index contributed by atoms with van der Waals surface area (Å²) in [6.07, 6.45) is 1.71. The van der Waals surface area contributed by atoms with E-state index < -0.39 is 23.2 Å². The Kier molecular flexibility index (Phi) is 6.64. The third-order valence-electron chi connectivity index (χ3n) is 6.46. The highest BCUT2D eigenvalue weighted by Crippen LogP contribution is 2.46. The van der Waals surface area contributed by atoms with Crippen molar-refractivity contribution in [2.75, 3.05) is 19.7 Å². The largest absolute Gasteiger partial charge is 0.459 e. The second kappa shape index (κ2) is 9.05. The van der Waals surface area contributed by atoms with Crippen molar-refractivity contribution in [2.45, 2.75) is 59.3 Å². The molecule has 1 saturated heterocycles. The molecule has 6 heteroatoms. The van der Waals surface area contributed by atoms with E-state index in [9.17, 15) is 19.2 Å². The first-order chi connectivity index (χ1) is 14.7. The number of carbonyl (C=O) groups is 4. The monoisotopic (exact) mass is 423 g/mol. The second-order valence-electron chi connectivity index (χ2n) is 8.63. The summed E-state index contributed by atoms with van der Waals surface area (Å²) < 4.78 is 4.79. The molecule has 0 N–H and O–H groups in total. The van der Waals surface area contributed by atoms with Gasteiger partial charge in [-0.1, -0.05) is 5.92 Å². The highest BCUT2D eigenvalue weighted by Gasteiger charge is 2.48. The van der Waals surface area contributed by atoms with Crippen LogP contribution < -0.4 is 0 Å². The zero-order valence-corrected chi connectivity index (χ0v) is 18.7. The Hall–Kier alpha value is -2.94. The van der Waals surface area contributed by atoms with Crippen LogP contribution in [0.15, 0.2) is 12.1 Å². The lowest BCUT2D eigenvalue weighted by atomic mass is 9.62. The zero-order chi connectivity index (χ0) is 22.8. The molecule has 0 bridgehead atoms. The molecule has 2 fully saturated rings. The summed E-state index contributed by atoms with van der Waals surface area (Å²) in [6, 6.07) is 3.87. The van der Waals surface area contributed by atoms with Gasteiger partial charge >= 0.3 is 11.9 Å². The molecule has 1 aromatic rings. The fraction of sp³-hybridized carbons (Fsp3) is 0.520. The van der Waals surface area contributed by atoms with Crippen molar-refractivity contribution in [1.82, 2.24) is 4.90 Å². The third-order valence-corrected chi connectivity index (χ3v) is 6.46. The van der Waals surface area contributed by atoms with Gasteiger partial charge in [0.15, 0.2) is 0 Å². The van der Waals surface area contributed by atoms with E-state index in [2.05, 4.69) is 11.8 Å². The number of nitrogens with zero attached hydrogens (tertiary/aromatic N) is 1. The number of ketones is 2. The molecule has 0 aromatic heterocycles. The second-order valence-corrected chi connectivity index (χ2v) is 8.63. The Bertz CT molecular complexity index is 946. The predicted octanol–water partition coefficient (Wildman–Crippen LogP) is 2.86. The number of likely N-dealkylation sites (tertiary alicyclic amines) is 1. The Labute approximate surface area is 183 Å². The number of esters is 1. The van der Waals surface area contributed by atoms with Gasteiger partial charge in [-0.3, -0.25) is 14.4 Å². The van der Waals surface area contributed by atoms with Gasteiger partial charge in [0.05, 0.1) is 6.61 Å². The molecule has 0 unspecified atom stereocenters. The van der Waals surface area contributed by atoms with Crippen LogP contribution >= 0.6 is 0 Å². The molecule has 1 aliphatic carbocycles.